The van der Waals surface area contributed by atoms with Gasteiger partial charge in [0.25, 0.3) is 0 Å². The van der Waals surface area contributed by atoms with Crippen LogP contribution in [0.2, 0.25) is 0 Å². The Balaban J connectivity index is 3.41. The topological polar surface area (TPSA) is 72.5 Å². The number of hydrogen-bond donors (Lipinski definition) is 2. The number of hydrogen-bond acceptors (Lipinski definition) is 3. The van der Waals surface area contributed by atoms with Crippen molar-refractivity contribution in [1.82, 2.24) is 0 Å². The maximum atomic E-state index is 10.7. The molecule has 90 valence electrons. The highest BCUT2D eigenvalue weighted by molar-refractivity contribution is 5.72. The van der Waals surface area contributed by atoms with E-state index in [1.54, 1.807) is 0 Å². The first-order valence-electron chi connectivity index (χ1n) is 5.76. The van der Waals surface area contributed by atoms with Crippen LogP contribution in [0.5, 0.6) is 0 Å². The van der Waals surface area contributed by atoms with Gasteiger partial charge < -0.3 is 15.6 Å². The molecule has 0 aliphatic carbocycles. The first kappa shape index (κ1) is 14.4. The molecule has 0 aliphatic rings. The third-order valence-corrected chi connectivity index (χ3v) is 2.27. The van der Waals surface area contributed by atoms with Crippen molar-refractivity contribution in [1.29, 1.82) is 0 Å². The predicted octanol–water partition coefficient (Wildman–Crippen LogP) is 1.78. The van der Waals surface area contributed by atoms with Gasteiger partial charge in [-0.15, -0.1) is 0 Å². The van der Waals surface area contributed by atoms with E-state index in [-0.39, 0.29) is 0 Å². The molecule has 4 nitrogen and oxygen atoms in total. The van der Waals surface area contributed by atoms with E-state index in [0.29, 0.717) is 19.6 Å². The van der Waals surface area contributed by atoms with E-state index in [1.807, 2.05) is 0 Å². The molecule has 0 aromatic heterocycles. The van der Waals surface area contributed by atoms with Gasteiger partial charge in [0.05, 0.1) is 0 Å². The smallest absolute Gasteiger partial charge is 0.332 e. The summed E-state index contributed by atoms with van der Waals surface area (Å²) in [6.07, 6.45) is 5.38. The molecular weight excluding hydrogens is 194 g/mol. The van der Waals surface area contributed by atoms with E-state index in [4.69, 9.17) is 15.6 Å². The van der Waals surface area contributed by atoms with E-state index in [9.17, 15) is 4.79 Å². The summed E-state index contributed by atoms with van der Waals surface area (Å²) in [7, 11) is 0. The van der Waals surface area contributed by atoms with Crippen molar-refractivity contribution in [2.45, 2.75) is 51.6 Å². The maximum absolute atomic E-state index is 10.7. The van der Waals surface area contributed by atoms with E-state index in [0.717, 1.165) is 12.8 Å². The molecule has 0 saturated carbocycles. The Morgan fingerprint density at radius 3 is 2.53 bits per heavy atom. The lowest BCUT2D eigenvalue weighted by Crippen LogP contribution is -2.27. The Hall–Kier alpha value is -0.610. The van der Waals surface area contributed by atoms with E-state index < -0.39 is 12.1 Å². The summed E-state index contributed by atoms with van der Waals surface area (Å²) in [5.74, 6) is -0.908. The van der Waals surface area contributed by atoms with Crippen molar-refractivity contribution in [3.63, 3.8) is 0 Å². The summed E-state index contributed by atoms with van der Waals surface area (Å²) in [6, 6.07) is 0. The molecule has 0 spiro atoms. The second-order valence-corrected chi connectivity index (χ2v) is 3.69. The van der Waals surface area contributed by atoms with Crippen LogP contribution in [0, 0.1) is 0 Å². The van der Waals surface area contributed by atoms with Gasteiger partial charge in [0, 0.05) is 6.61 Å². The monoisotopic (exact) mass is 217 g/mol. The van der Waals surface area contributed by atoms with E-state index >= 15 is 0 Å². The van der Waals surface area contributed by atoms with Gasteiger partial charge in [0.1, 0.15) is 0 Å². The van der Waals surface area contributed by atoms with Gasteiger partial charge >= 0.3 is 5.97 Å². The minimum absolute atomic E-state index is 0.354. The molecule has 0 heterocycles. The van der Waals surface area contributed by atoms with Gasteiger partial charge in [-0.2, -0.15) is 0 Å². The summed E-state index contributed by atoms with van der Waals surface area (Å²) in [4.78, 5) is 10.7. The Kier molecular flexibility index (Phi) is 9.52. The van der Waals surface area contributed by atoms with Gasteiger partial charge in [0.2, 0.25) is 0 Å². The molecule has 0 amide bonds. The number of nitrogens with two attached hydrogens (primary N) is 1. The lowest BCUT2D eigenvalue weighted by molar-refractivity contribution is -0.150. The summed E-state index contributed by atoms with van der Waals surface area (Å²) >= 11 is 0. The zero-order valence-electron chi connectivity index (χ0n) is 9.58. The standard InChI is InChI=1S/C11H23NO3/c1-2-3-4-5-6-9-15-10(7-8-12)11(13)14/h10H,2-9,12H2,1H3,(H,13,14). The van der Waals surface area contributed by atoms with Gasteiger partial charge in [0.15, 0.2) is 6.10 Å². The largest absolute Gasteiger partial charge is 0.479 e. The highest BCUT2D eigenvalue weighted by Crippen LogP contribution is 2.05. The normalized spacial score (nSPS) is 12.7. The fourth-order valence-corrected chi connectivity index (χ4v) is 1.36. The van der Waals surface area contributed by atoms with Crippen LogP contribution in [0.4, 0.5) is 0 Å². The molecule has 0 aromatic carbocycles. The molecular formula is C11H23NO3. The molecule has 1 atom stereocenters. The van der Waals surface area contributed by atoms with Crippen molar-refractivity contribution in [2.75, 3.05) is 13.2 Å². The zero-order chi connectivity index (χ0) is 11.5. The van der Waals surface area contributed by atoms with Gasteiger partial charge in [-0.1, -0.05) is 32.6 Å². The number of rotatable bonds is 10. The fourth-order valence-electron chi connectivity index (χ4n) is 1.36. The van der Waals surface area contributed by atoms with Gasteiger partial charge in [-0.05, 0) is 19.4 Å². The van der Waals surface area contributed by atoms with Crippen LogP contribution in [0.1, 0.15) is 45.4 Å². The molecule has 0 aliphatic heterocycles. The predicted molar refractivity (Wildman–Crippen MR) is 59.8 cm³/mol. The summed E-state index contributed by atoms with van der Waals surface area (Å²) in [5, 5.41) is 8.76. The molecule has 0 aromatic rings. The van der Waals surface area contributed by atoms with Crippen LogP contribution in [-0.4, -0.2) is 30.3 Å². The Bertz CT molecular complexity index is 162. The van der Waals surface area contributed by atoms with Crippen molar-refractivity contribution in [3.8, 4) is 0 Å². The van der Waals surface area contributed by atoms with Crippen molar-refractivity contribution in [3.05, 3.63) is 0 Å². The molecule has 0 rings (SSSR count). The highest BCUT2D eigenvalue weighted by Gasteiger charge is 2.16. The van der Waals surface area contributed by atoms with Crippen LogP contribution < -0.4 is 5.73 Å². The Morgan fingerprint density at radius 1 is 1.33 bits per heavy atom. The summed E-state index contributed by atoms with van der Waals surface area (Å²) in [6.45, 7) is 3.05. The van der Waals surface area contributed by atoms with Crippen LogP contribution in [0.3, 0.4) is 0 Å². The van der Waals surface area contributed by atoms with E-state index in [1.165, 1.54) is 19.3 Å². The second-order valence-electron chi connectivity index (χ2n) is 3.69. The second kappa shape index (κ2) is 9.93. The third kappa shape index (κ3) is 8.39. The number of carboxylic acids is 1. The van der Waals surface area contributed by atoms with Crippen molar-refractivity contribution < 1.29 is 14.6 Å². The van der Waals surface area contributed by atoms with E-state index in [2.05, 4.69) is 6.92 Å². The number of unbranched alkanes of at least 4 members (excludes halogenated alkanes) is 4. The number of ether oxygens (including phenoxy) is 1. The minimum atomic E-state index is -0.908. The molecule has 0 saturated heterocycles. The van der Waals surface area contributed by atoms with Crippen LogP contribution in [0.25, 0.3) is 0 Å². The van der Waals surface area contributed by atoms with Crippen LogP contribution >= 0.6 is 0 Å². The van der Waals surface area contributed by atoms with Gasteiger partial charge in [-0.3, -0.25) is 0 Å². The molecule has 15 heavy (non-hydrogen) atoms. The molecule has 3 N–H and O–H groups in total. The van der Waals surface area contributed by atoms with Crippen LogP contribution in [0.15, 0.2) is 0 Å². The molecule has 0 fully saturated rings. The van der Waals surface area contributed by atoms with Crippen molar-refractivity contribution in [2.24, 2.45) is 5.73 Å². The minimum Gasteiger partial charge on any atom is -0.479 e. The third-order valence-electron chi connectivity index (χ3n) is 2.27. The van der Waals surface area contributed by atoms with Crippen molar-refractivity contribution >= 4 is 5.97 Å². The Morgan fingerprint density at radius 2 is 2.00 bits per heavy atom. The average Bonchev–Trinajstić information content (AvgIpc) is 2.21. The zero-order valence-corrected chi connectivity index (χ0v) is 9.58. The first-order valence-corrected chi connectivity index (χ1v) is 5.76. The molecule has 4 heteroatoms. The fraction of sp³-hybridized carbons (Fsp3) is 0.909. The highest BCUT2D eigenvalue weighted by atomic mass is 16.5. The molecule has 1 unspecified atom stereocenters. The maximum Gasteiger partial charge on any atom is 0.332 e. The lowest BCUT2D eigenvalue weighted by atomic mass is 10.2. The summed E-state index contributed by atoms with van der Waals surface area (Å²) in [5.41, 5.74) is 5.29. The quantitative estimate of drug-likeness (QED) is 0.547. The Labute approximate surface area is 91.8 Å². The molecule has 0 bridgehead atoms. The average molecular weight is 217 g/mol. The SMILES string of the molecule is CCCCCCCOC(CCN)C(=O)O. The lowest BCUT2D eigenvalue weighted by Gasteiger charge is -2.12. The first-order chi connectivity index (χ1) is 7.22. The van der Waals surface area contributed by atoms with Gasteiger partial charge in [-0.25, -0.2) is 4.79 Å². The van der Waals surface area contributed by atoms with Crippen LogP contribution in [-0.2, 0) is 9.53 Å². The number of aliphatic carboxylic acids is 1. The molecule has 0 radical (unpaired) electrons. The summed E-state index contributed by atoms with van der Waals surface area (Å²) < 4.78 is 5.24. The number of carbonyl (C=O) groups is 1. The number of carboxylic acid groups (broad SMARTS) is 1.